The minimum Gasteiger partial charge on any atom is -0.480 e. The van der Waals surface area contributed by atoms with Crippen LogP contribution >= 0.6 is 0 Å². The van der Waals surface area contributed by atoms with Crippen molar-refractivity contribution >= 4 is 23.8 Å². The third-order valence-corrected chi connectivity index (χ3v) is 1.91. The molecule has 0 rings (SSSR count). The first kappa shape index (κ1) is 21.9. The number of amides is 1. The minimum atomic E-state index is -0.940. The smallest absolute Gasteiger partial charge is 0.317 e. The van der Waals surface area contributed by atoms with Gasteiger partial charge in [0, 0.05) is 19.5 Å². The first-order chi connectivity index (χ1) is 10.3. The molecule has 0 aromatic carbocycles. The summed E-state index contributed by atoms with van der Waals surface area (Å²) in [5.74, 6) is -2.17. The largest absolute Gasteiger partial charge is 0.480 e. The molecule has 0 fully saturated rings. The van der Waals surface area contributed by atoms with E-state index in [1.54, 1.807) is 0 Å². The van der Waals surface area contributed by atoms with Crippen molar-refractivity contribution < 1.29 is 24.6 Å². The summed E-state index contributed by atoms with van der Waals surface area (Å²) < 4.78 is 0. The fourth-order valence-electron chi connectivity index (χ4n) is 1.01. The highest BCUT2D eigenvalue weighted by Gasteiger charge is 1.96. The number of aliphatic carboxylic acids is 2. The second-order valence-electron chi connectivity index (χ2n) is 4.02. The summed E-state index contributed by atoms with van der Waals surface area (Å²) in [5, 5.41) is 21.6. The van der Waals surface area contributed by atoms with Crippen LogP contribution in [0.5, 0.6) is 0 Å². The number of rotatable bonds is 11. The molecule has 0 aliphatic heterocycles. The van der Waals surface area contributed by atoms with Gasteiger partial charge in [-0.15, -0.1) is 0 Å². The predicted molar refractivity (Wildman–Crippen MR) is 80.1 cm³/mol. The molecule has 10 N–H and O–H groups in total. The molecule has 22 heavy (non-hydrogen) atoms. The van der Waals surface area contributed by atoms with E-state index in [1.807, 2.05) is 0 Å². The van der Waals surface area contributed by atoms with Crippen LogP contribution in [0.4, 0.5) is 0 Å². The Hall–Kier alpha value is -2.40. The molecular weight excluding hydrogens is 296 g/mol. The number of carbonyl (C=O) groups is 3. The number of nitrogens with one attached hydrogen (secondary N) is 2. The van der Waals surface area contributed by atoms with Gasteiger partial charge in [0.25, 0.3) is 0 Å². The highest BCUT2D eigenvalue weighted by molar-refractivity contribution is 5.75. The summed E-state index contributed by atoms with van der Waals surface area (Å²) in [6.45, 7) is 1.29. The Bertz CT molecular complexity index is 354. The van der Waals surface area contributed by atoms with E-state index in [-0.39, 0.29) is 25.5 Å². The van der Waals surface area contributed by atoms with Gasteiger partial charge in [-0.3, -0.25) is 19.4 Å². The molecule has 11 nitrogen and oxygen atoms in total. The number of nitrogens with two attached hydrogens (primary N) is 3. The fraction of sp³-hybridized carbons (Fsp3) is 0.636. The Morgan fingerprint density at radius 3 is 1.82 bits per heavy atom. The normalized spacial score (nSPS) is 9.27. The van der Waals surface area contributed by atoms with E-state index in [9.17, 15) is 14.4 Å². The van der Waals surface area contributed by atoms with E-state index in [4.69, 9.17) is 27.4 Å². The standard InChI is InChI=1S/C6H14N4O2.C5H10N2O3/c7-6(8)10-3-1-2-9-4-5(11)12;6-4(8)1-2-7-3-5(9)10/h9H,1-4H2,(H,11,12)(H4,7,8,10);7H,1-3H2,(H2,6,8)(H,9,10). The van der Waals surface area contributed by atoms with Gasteiger partial charge in [-0.1, -0.05) is 0 Å². The van der Waals surface area contributed by atoms with Crippen LogP contribution in [-0.2, 0) is 14.4 Å². The maximum Gasteiger partial charge on any atom is 0.317 e. The number of carboxylic acids is 2. The number of aliphatic imine (C=N–C) groups is 1. The molecule has 1 amide bonds. The molecule has 0 spiro atoms. The first-order valence-corrected chi connectivity index (χ1v) is 6.44. The summed E-state index contributed by atoms with van der Waals surface area (Å²) in [6.07, 6.45) is 0.901. The fourth-order valence-corrected chi connectivity index (χ4v) is 1.01. The average molecular weight is 320 g/mol. The molecule has 0 saturated heterocycles. The molecular formula is C11H24N6O5. The summed E-state index contributed by atoms with van der Waals surface area (Å²) in [4.78, 5) is 33.7. The maximum atomic E-state index is 10.1. The van der Waals surface area contributed by atoms with Gasteiger partial charge in [0.05, 0.1) is 13.1 Å². The quantitative estimate of drug-likeness (QED) is 0.116. The Morgan fingerprint density at radius 1 is 0.909 bits per heavy atom. The molecule has 0 radical (unpaired) electrons. The highest BCUT2D eigenvalue weighted by Crippen LogP contribution is 1.77. The number of guanidine groups is 1. The lowest BCUT2D eigenvalue weighted by Gasteiger charge is -1.98. The monoisotopic (exact) mass is 320 g/mol. The van der Waals surface area contributed by atoms with E-state index < -0.39 is 17.8 Å². The number of hydrogen-bond acceptors (Lipinski definition) is 6. The zero-order valence-corrected chi connectivity index (χ0v) is 12.2. The Balaban J connectivity index is 0. The lowest BCUT2D eigenvalue weighted by Crippen LogP contribution is -2.26. The van der Waals surface area contributed by atoms with Gasteiger partial charge in [0.2, 0.25) is 5.91 Å². The number of carboxylic acid groups (broad SMARTS) is 2. The van der Waals surface area contributed by atoms with E-state index in [0.29, 0.717) is 19.6 Å². The van der Waals surface area contributed by atoms with Gasteiger partial charge in [-0.05, 0) is 13.0 Å². The van der Waals surface area contributed by atoms with Crippen LogP contribution in [0.15, 0.2) is 4.99 Å². The topological polar surface area (TPSA) is 206 Å². The van der Waals surface area contributed by atoms with Gasteiger partial charge in [-0.25, -0.2) is 0 Å². The van der Waals surface area contributed by atoms with Crippen molar-refractivity contribution in [1.82, 2.24) is 10.6 Å². The molecule has 0 aliphatic rings. The highest BCUT2D eigenvalue weighted by atomic mass is 16.4. The average Bonchev–Trinajstić information content (AvgIpc) is 2.38. The first-order valence-electron chi connectivity index (χ1n) is 6.44. The molecule has 0 bridgehead atoms. The summed E-state index contributed by atoms with van der Waals surface area (Å²) in [7, 11) is 0. The number of carbonyl (C=O) groups excluding carboxylic acids is 1. The molecule has 0 saturated carbocycles. The third-order valence-electron chi connectivity index (χ3n) is 1.91. The van der Waals surface area contributed by atoms with Crippen LogP contribution in [0.3, 0.4) is 0 Å². The molecule has 0 heterocycles. The molecule has 0 unspecified atom stereocenters. The van der Waals surface area contributed by atoms with Crippen molar-refractivity contribution in [3.63, 3.8) is 0 Å². The van der Waals surface area contributed by atoms with Gasteiger partial charge in [0.15, 0.2) is 5.96 Å². The molecule has 0 aromatic rings. The van der Waals surface area contributed by atoms with Crippen molar-refractivity contribution in [3.8, 4) is 0 Å². The van der Waals surface area contributed by atoms with Gasteiger partial charge in [0.1, 0.15) is 0 Å². The zero-order valence-electron chi connectivity index (χ0n) is 12.2. The maximum absolute atomic E-state index is 10.1. The lowest BCUT2D eigenvalue weighted by atomic mass is 10.4. The molecule has 0 aliphatic carbocycles. The van der Waals surface area contributed by atoms with E-state index in [0.717, 1.165) is 6.42 Å². The van der Waals surface area contributed by atoms with Crippen LogP contribution in [0.2, 0.25) is 0 Å². The lowest BCUT2D eigenvalue weighted by molar-refractivity contribution is -0.137. The van der Waals surface area contributed by atoms with Crippen LogP contribution in [0, 0.1) is 0 Å². The van der Waals surface area contributed by atoms with Gasteiger partial charge < -0.3 is 38.0 Å². The molecule has 0 aromatic heterocycles. The Morgan fingerprint density at radius 2 is 1.41 bits per heavy atom. The van der Waals surface area contributed by atoms with Crippen LogP contribution in [0.1, 0.15) is 12.8 Å². The second kappa shape index (κ2) is 15.0. The second-order valence-corrected chi connectivity index (χ2v) is 4.02. The van der Waals surface area contributed by atoms with Crippen LogP contribution < -0.4 is 27.8 Å². The van der Waals surface area contributed by atoms with Crippen molar-refractivity contribution in [2.45, 2.75) is 12.8 Å². The summed E-state index contributed by atoms with van der Waals surface area (Å²) in [5.41, 5.74) is 14.9. The molecule has 0 atom stereocenters. The van der Waals surface area contributed by atoms with Crippen molar-refractivity contribution in [2.75, 3.05) is 32.7 Å². The van der Waals surface area contributed by atoms with Gasteiger partial charge >= 0.3 is 11.9 Å². The van der Waals surface area contributed by atoms with Crippen molar-refractivity contribution in [3.05, 3.63) is 0 Å². The van der Waals surface area contributed by atoms with E-state index in [2.05, 4.69) is 15.6 Å². The Labute approximate surface area is 127 Å². The number of primary amides is 1. The zero-order chi connectivity index (χ0) is 17.4. The Kier molecular flexibility index (Phi) is 14.9. The molecule has 11 heteroatoms. The van der Waals surface area contributed by atoms with E-state index >= 15 is 0 Å². The third kappa shape index (κ3) is 26.2. The SMILES string of the molecule is NC(=O)CCNCC(=O)O.NC(N)=NCCCNCC(=O)O. The molecule has 128 valence electrons. The van der Waals surface area contributed by atoms with Gasteiger partial charge in [-0.2, -0.15) is 0 Å². The number of nitrogens with zero attached hydrogens (tertiary/aromatic N) is 1. The van der Waals surface area contributed by atoms with Crippen LogP contribution in [-0.4, -0.2) is 66.7 Å². The van der Waals surface area contributed by atoms with Crippen molar-refractivity contribution in [2.24, 2.45) is 22.2 Å². The van der Waals surface area contributed by atoms with Crippen LogP contribution in [0.25, 0.3) is 0 Å². The predicted octanol–water partition coefficient (Wildman–Crippen LogP) is -3.14. The van der Waals surface area contributed by atoms with E-state index in [1.165, 1.54) is 0 Å². The summed E-state index contributed by atoms with van der Waals surface area (Å²) in [6, 6.07) is 0. The summed E-state index contributed by atoms with van der Waals surface area (Å²) >= 11 is 0. The number of hydrogen-bond donors (Lipinski definition) is 7. The minimum absolute atomic E-state index is 0.0260. The van der Waals surface area contributed by atoms with Crippen molar-refractivity contribution in [1.29, 1.82) is 0 Å².